The molecule has 0 saturated carbocycles. The Kier molecular flexibility index (Phi) is 8.04. The van der Waals surface area contributed by atoms with Gasteiger partial charge in [0.1, 0.15) is 23.9 Å². The molecule has 9 nitrogen and oxygen atoms in total. The number of rotatable bonds is 9. The zero-order valence-corrected chi connectivity index (χ0v) is 22.3. The first kappa shape index (κ1) is 27.4. The molecular formula is C29H31FN6O3. The number of hydrogen-bond acceptors (Lipinski definition) is 5. The summed E-state index contributed by atoms with van der Waals surface area (Å²) in [6.07, 6.45) is 0.618. The van der Waals surface area contributed by atoms with E-state index in [0.717, 1.165) is 0 Å². The third kappa shape index (κ3) is 6.28. The molecule has 0 fully saturated rings. The number of aromatic nitrogens is 3. The Morgan fingerprint density at radius 1 is 1.00 bits per heavy atom. The highest BCUT2D eigenvalue weighted by Gasteiger charge is 2.36. The second kappa shape index (κ2) is 11.4. The SMILES string of the molecule is CCC(C)(C)NC(=O)C(c1ccccc1F)N(C(=O)Cn1nnc2ccccc21)c1ccc(NC(C)=O)cc1. The smallest absolute Gasteiger partial charge is 0.249 e. The van der Waals surface area contributed by atoms with Gasteiger partial charge in [0.15, 0.2) is 0 Å². The van der Waals surface area contributed by atoms with Crippen molar-refractivity contribution in [3.05, 3.63) is 84.2 Å². The first-order valence-corrected chi connectivity index (χ1v) is 12.6. The Morgan fingerprint density at radius 3 is 2.33 bits per heavy atom. The van der Waals surface area contributed by atoms with Crippen molar-refractivity contribution in [3.8, 4) is 0 Å². The summed E-state index contributed by atoms with van der Waals surface area (Å²) in [6, 6.07) is 18.2. The molecule has 0 aliphatic heterocycles. The van der Waals surface area contributed by atoms with Crippen LogP contribution in [0.5, 0.6) is 0 Å². The zero-order valence-electron chi connectivity index (χ0n) is 22.3. The lowest BCUT2D eigenvalue weighted by atomic mass is 9.98. The van der Waals surface area contributed by atoms with E-state index in [2.05, 4.69) is 20.9 Å². The van der Waals surface area contributed by atoms with Crippen LogP contribution in [-0.2, 0) is 20.9 Å². The fourth-order valence-corrected chi connectivity index (χ4v) is 4.17. The third-order valence-corrected chi connectivity index (χ3v) is 6.49. The molecule has 1 unspecified atom stereocenters. The first-order chi connectivity index (χ1) is 18.6. The van der Waals surface area contributed by atoms with Gasteiger partial charge < -0.3 is 10.6 Å². The minimum absolute atomic E-state index is 0.0460. The average Bonchev–Trinajstić information content (AvgIpc) is 3.30. The van der Waals surface area contributed by atoms with Crippen molar-refractivity contribution in [2.45, 2.75) is 52.2 Å². The summed E-state index contributed by atoms with van der Waals surface area (Å²) in [5.41, 5.74) is 1.56. The van der Waals surface area contributed by atoms with E-state index in [4.69, 9.17) is 0 Å². The molecule has 39 heavy (non-hydrogen) atoms. The molecule has 2 N–H and O–H groups in total. The molecule has 202 valence electrons. The molecule has 0 aliphatic rings. The van der Waals surface area contributed by atoms with E-state index in [1.54, 1.807) is 42.5 Å². The highest BCUT2D eigenvalue weighted by Crippen LogP contribution is 2.32. The second-order valence-corrected chi connectivity index (χ2v) is 9.88. The van der Waals surface area contributed by atoms with Crippen LogP contribution in [0.3, 0.4) is 0 Å². The van der Waals surface area contributed by atoms with Crippen LogP contribution in [0.15, 0.2) is 72.8 Å². The fraction of sp³-hybridized carbons (Fsp3) is 0.276. The predicted molar refractivity (Wildman–Crippen MR) is 147 cm³/mol. The summed E-state index contributed by atoms with van der Waals surface area (Å²) in [6.45, 7) is 6.79. The minimum Gasteiger partial charge on any atom is -0.349 e. The number of halogens is 1. The van der Waals surface area contributed by atoms with Gasteiger partial charge in [-0.15, -0.1) is 5.10 Å². The minimum atomic E-state index is -1.33. The monoisotopic (exact) mass is 530 g/mol. The number of anilines is 2. The molecule has 1 heterocycles. The zero-order chi connectivity index (χ0) is 28.2. The predicted octanol–water partition coefficient (Wildman–Crippen LogP) is 4.61. The van der Waals surface area contributed by atoms with E-state index < -0.39 is 29.2 Å². The normalized spacial score (nSPS) is 12.1. The molecule has 0 radical (unpaired) electrons. The number of nitrogens with zero attached hydrogens (tertiary/aromatic N) is 4. The van der Waals surface area contributed by atoms with E-state index in [0.29, 0.717) is 28.8 Å². The highest BCUT2D eigenvalue weighted by atomic mass is 19.1. The van der Waals surface area contributed by atoms with Crippen LogP contribution in [0.25, 0.3) is 11.0 Å². The molecule has 0 aliphatic carbocycles. The topological polar surface area (TPSA) is 109 Å². The number of benzene rings is 3. The summed E-state index contributed by atoms with van der Waals surface area (Å²) in [4.78, 5) is 40.7. The average molecular weight is 531 g/mol. The van der Waals surface area contributed by atoms with Crippen LogP contribution < -0.4 is 15.5 Å². The van der Waals surface area contributed by atoms with E-state index >= 15 is 4.39 Å². The van der Waals surface area contributed by atoms with Crippen LogP contribution >= 0.6 is 0 Å². The van der Waals surface area contributed by atoms with E-state index in [1.165, 1.54) is 34.7 Å². The Balaban J connectivity index is 1.83. The molecule has 0 saturated heterocycles. The van der Waals surface area contributed by atoms with Gasteiger partial charge >= 0.3 is 0 Å². The molecule has 3 aromatic carbocycles. The van der Waals surface area contributed by atoms with Gasteiger partial charge in [0.05, 0.1) is 5.52 Å². The van der Waals surface area contributed by atoms with Crippen molar-refractivity contribution in [3.63, 3.8) is 0 Å². The number of fused-ring (bicyclic) bond motifs is 1. The molecule has 10 heteroatoms. The number of carbonyl (C=O) groups is 3. The standard InChI is InChI=1S/C29H31FN6O3/c1-5-29(3,4)32-28(39)27(22-10-6-7-11-23(22)30)36(21-16-14-20(15-17-21)31-19(2)37)26(38)18-35-25-13-9-8-12-24(25)33-34-35/h6-17,27H,5,18H2,1-4H3,(H,31,37)(H,32,39). The Labute approximate surface area is 226 Å². The molecule has 0 bridgehead atoms. The van der Waals surface area contributed by atoms with Gasteiger partial charge in [0.2, 0.25) is 17.7 Å². The molecule has 1 aromatic heterocycles. The fourth-order valence-electron chi connectivity index (χ4n) is 4.17. The summed E-state index contributed by atoms with van der Waals surface area (Å²) in [5.74, 6) is -1.91. The Hall–Kier alpha value is -4.60. The van der Waals surface area contributed by atoms with Gasteiger partial charge in [0.25, 0.3) is 0 Å². The number of carbonyl (C=O) groups excluding carboxylic acids is 3. The van der Waals surface area contributed by atoms with Gasteiger partial charge in [-0.05, 0) is 62.7 Å². The lowest BCUT2D eigenvalue weighted by Crippen LogP contribution is -2.51. The van der Waals surface area contributed by atoms with Crippen molar-refractivity contribution in [2.24, 2.45) is 0 Å². The summed E-state index contributed by atoms with van der Waals surface area (Å²) in [7, 11) is 0. The molecule has 4 rings (SSSR count). The van der Waals surface area contributed by atoms with Gasteiger partial charge in [-0.1, -0.05) is 42.5 Å². The third-order valence-electron chi connectivity index (χ3n) is 6.49. The van der Waals surface area contributed by atoms with E-state index in [-0.39, 0.29) is 18.0 Å². The van der Waals surface area contributed by atoms with E-state index in [9.17, 15) is 14.4 Å². The highest BCUT2D eigenvalue weighted by molar-refractivity contribution is 6.02. The number of amides is 3. The maximum absolute atomic E-state index is 15.3. The lowest BCUT2D eigenvalue weighted by Gasteiger charge is -2.34. The largest absolute Gasteiger partial charge is 0.349 e. The summed E-state index contributed by atoms with van der Waals surface area (Å²) >= 11 is 0. The summed E-state index contributed by atoms with van der Waals surface area (Å²) < 4.78 is 16.7. The number of hydrogen-bond donors (Lipinski definition) is 2. The number of para-hydroxylation sites is 1. The maximum Gasteiger partial charge on any atom is 0.249 e. The van der Waals surface area contributed by atoms with Crippen molar-refractivity contribution in [1.82, 2.24) is 20.3 Å². The maximum atomic E-state index is 15.3. The molecule has 4 aromatic rings. The second-order valence-electron chi connectivity index (χ2n) is 9.88. The van der Waals surface area contributed by atoms with Crippen molar-refractivity contribution in [2.75, 3.05) is 10.2 Å². The van der Waals surface area contributed by atoms with Crippen molar-refractivity contribution < 1.29 is 18.8 Å². The van der Waals surface area contributed by atoms with Crippen LogP contribution in [0, 0.1) is 5.82 Å². The molecule has 1 atom stereocenters. The van der Waals surface area contributed by atoms with Crippen LogP contribution in [-0.4, -0.2) is 38.3 Å². The molecule has 0 spiro atoms. The van der Waals surface area contributed by atoms with Crippen molar-refractivity contribution >= 4 is 40.1 Å². The Morgan fingerprint density at radius 2 is 1.67 bits per heavy atom. The molecule has 3 amide bonds. The van der Waals surface area contributed by atoms with E-state index in [1.807, 2.05) is 32.9 Å². The quantitative estimate of drug-likeness (QED) is 0.329. The lowest BCUT2D eigenvalue weighted by molar-refractivity contribution is -0.128. The molecular weight excluding hydrogens is 499 g/mol. The van der Waals surface area contributed by atoms with Crippen LogP contribution in [0.4, 0.5) is 15.8 Å². The van der Waals surface area contributed by atoms with Gasteiger partial charge in [-0.3, -0.25) is 19.3 Å². The van der Waals surface area contributed by atoms with Gasteiger partial charge in [-0.2, -0.15) is 0 Å². The summed E-state index contributed by atoms with van der Waals surface area (Å²) in [5, 5.41) is 13.9. The first-order valence-electron chi connectivity index (χ1n) is 12.6. The van der Waals surface area contributed by atoms with Gasteiger partial charge in [-0.25, -0.2) is 9.07 Å². The number of nitrogens with one attached hydrogen (secondary N) is 2. The van der Waals surface area contributed by atoms with Crippen molar-refractivity contribution in [1.29, 1.82) is 0 Å². The van der Waals surface area contributed by atoms with Crippen LogP contribution in [0.2, 0.25) is 0 Å². The van der Waals surface area contributed by atoms with Gasteiger partial charge in [0, 0.05) is 29.4 Å². The van der Waals surface area contributed by atoms with Crippen LogP contribution in [0.1, 0.15) is 45.7 Å². The Bertz CT molecular complexity index is 1500.